The molecule has 0 N–H and O–H groups in total. The van der Waals surface area contributed by atoms with E-state index in [1.165, 1.54) is 0 Å². The summed E-state index contributed by atoms with van der Waals surface area (Å²) < 4.78 is 1.78. The lowest BCUT2D eigenvalue weighted by atomic mass is 10.0. The Kier molecular flexibility index (Phi) is 3.78. The van der Waals surface area contributed by atoms with Gasteiger partial charge in [-0.3, -0.25) is 4.79 Å². The first-order chi connectivity index (χ1) is 10.1. The normalized spacial score (nSPS) is 10.6. The van der Waals surface area contributed by atoms with E-state index in [-0.39, 0.29) is 5.78 Å². The maximum absolute atomic E-state index is 12.7. The molecule has 0 fully saturated rings. The highest BCUT2D eigenvalue weighted by Gasteiger charge is 2.15. The van der Waals surface area contributed by atoms with Crippen LogP contribution in [-0.4, -0.2) is 15.3 Å². The summed E-state index contributed by atoms with van der Waals surface area (Å²) in [5.41, 5.74) is 1.81. The maximum Gasteiger partial charge on any atom is 0.195 e. The molecule has 0 saturated heterocycles. The summed E-state index contributed by atoms with van der Waals surface area (Å²) in [5.74, 6) is -0.113. The van der Waals surface area contributed by atoms with E-state index < -0.39 is 0 Å². The zero-order valence-electron chi connectivity index (χ0n) is 10.8. The summed E-state index contributed by atoms with van der Waals surface area (Å²) in [7, 11) is 0. The minimum Gasteiger partial charge on any atom is -0.306 e. The standard InChI is InChI=1S/C16H10Cl2N2O/c17-12-3-1-11(2-4-12)16(21)14-9-13(18)5-6-15(14)20-8-7-19-10-20/h1-10H. The molecule has 0 saturated carbocycles. The SMILES string of the molecule is O=C(c1ccc(Cl)cc1)c1cc(Cl)ccc1-n1ccnc1. The number of hydrogen-bond donors (Lipinski definition) is 0. The van der Waals surface area contributed by atoms with Crippen LogP contribution in [-0.2, 0) is 0 Å². The van der Waals surface area contributed by atoms with Gasteiger partial charge in [0.1, 0.15) is 0 Å². The summed E-state index contributed by atoms with van der Waals surface area (Å²) in [6, 6.07) is 12.0. The average Bonchev–Trinajstić information content (AvgIpc) is 3.01. The van der Waals surface area contributed by atoms with Crippen molar-refractivity contribution in [1.29, 1.82) is 0 Å². The highest BCUT2D eigenvalue weighted by molar-refractivity contribution is 6.31. The molecule has 0 spiro atoms. The molecule has 5 heteroatoms. The Balaban J connectivity index is 2.11. The van der Waals surface area contributed by atoms with E-state index in [4.69, 9.17) is 23.2 Å². The third-order valence-electron chi connectivity index (χ3n) is 3.09. The number of carbonyl (C=O) groups excluding carboxylic acids is 1. The molecule has 0 bridgehead atoms. The number of benzene rings is 2. The second-order valence-electron chi connectivity index (χ2n) is 4.47. The van der Waals surface area contributed by atoms with Gasteiger partial charge in [0.25, 0.3) is 0 Å². The zero-order chi connectivity index (χ0) is 14.8. The number of hydrogen-bond acceptors (Lipinski definition) is 2. The molecule has 3 rings (SSSR count). The molecule has 0 radical (unpaired) electrons. The number of carbonyl (C=O) groups is 1. The molecule has 104 valence electrons. The van der Waals surface area contributed by atoms with E-state index in [9.17, 15) is 4.79 Å². The average molecular weight is 317 g/mol. The van der Waals surface area contributed by atoms with Gasteiger partial charge >= 0.3 is 0 Å². The van der Waals surface area contributed by atoms with Crippen LogP contribution in [0.1, 0.15) is 15.9 Å². The topological polar surface area (TPSA) is 34.9 Å². The van der Waals surface area contributed by atoms with Crippen LogP contribution in [0.4, 0.5) is 0 Å². The Morgan fingerprint density at radius 3 is 2.38 bits per heavy atom. The van der Waals surface area contributed by atoms with Crippen LogP contribution in [0.5, 0.6) is 0 Å². The van der Waals surface area contributed by atoms with E-state index >= 15 is 0 Å². The molecule has 0 unspecified atom stereocenters. The van der Waals surface area contributed by atoms with Crippen molar-refractivity contribution in [1.82, 2.24) is 9.55 Å². The van der Waals surface area contributed by atoms with Crippen LogP contribution in [0.3, 0.4) is 0 Å². The molecule has 0 aliphatic heterocycles. The maximum atomic E-state index is 12.7. The van der Waals surface area contributed by atoms with Crippen molar-refractivity contribution in [2.24, 2.45) is 0 Å². The fraction of sp³-hybridized carbons (Fsp3) is 0. The van der Waals surface area contributed by atoms with Crippen LogP contribution < -0.4 is 0 Å². The fourth-order valence-corrected chi connectivity index (χ4v) is 2.37. The van der Waals surface area contributed by atoms with Gasteiger partial charge in [-0.25, -0.2) is 4.98 Å². The number of ketones is 1. The van der Waals surface area contributed by atoms with E-state index in [0.29, 0.717) is 21.2 Å². The third kappa shape index (κ3) is 2.84. The van der Waals surface area contributed by atoms with Gasteiger partial charge in [0.15, 0.2) is 5.78 Å². The van der Waals surface area contributed by atoms with Crippen molar-refractivity contribution >= 4 is 29.0 Å². The predicted octanol–water partition coefficient (Wildman–Crippen LogP) is 4.41. The van der Waals surface area contributed by atoms with Crippen molar-refractivity contribution in [3.63, 3.8) is 0 Å². The van der Waals surface area contributed by atoms with Gasteiger partial charge in [0, 0.05) is 33.6 Å². The first-order valence-electron chi connectivity index (χ1n) is 6.23. The van der Waals surface area contributed by atoms with E-state index in [2.05, 4.69) is 4.98 Å². The first-order valence-corrected chi connectivity index (χ1v) is 6.99. The summed E-state index contributed by atoms with van der Waals surface area (Å²) in [5, 5.41) is 1.10. The molecule has 0 aliphatic carbocycles. The third-order valence-corrected chi connectivity index (χ3v) is 3.58. The molecule has 1 aromatic heterocycles. The monoisotopic (exact) mass is 316 g/mol. The Morgan fingerprint density at radius 2 is 1.71 bits per heavy atom. The van der Waals surface area contributed by atoms with E-state index in [1.54, 1.807) is 65.8 Å². The lowest BCUT2D eigenvalue weighted by molar-refractivity contribution is 0.103. The van der Waals surface area contributed by atoms with Gasteiger partial charge in [-0.2, -0.15) is 0 Å². The molecule has 2 aromatic carbocycles. The van der Waals surface area contributed by atoms with Crippen LogP contribution in [0.15, 0.2) is 61.2 Å². The number of aromatic nitrogens is 2. The van der Waals surface area contributed by atoms with Crippen molar-refractivity contribution in [2.75, 3.05) is 0 Å². The molecule has 21 heavy (non-hydrogen) atoms. The molecule has 0 aliphatic rings. The van der Waals surface area contributed by atoms with Crippen molar-refractivity contribution in [3.05, 3.63) is 82.4 Å². The quantitative estimate of drug-likeness (QED) is 0.671. The molecular weight excluding hydrogens is 307 g/mol. The Labute approximate surface area is 131 Å². The van der Waals surface area contributed by atoms with Gasteiger partial charge in [-0.05, 0) is 42.5 Å². The molecule has 0 amide bonds. The van der Waals surface area contributed by atoms with Crippen LogP contribution in [0, 0.1) is 0 Å². The van der Waals surface area contributed by atoms with E-state index in [0.717, 1.165) is 5.69 Å². The zero-order valence-corrected chi connectivity index (χ0v) is 12.3. The lowest BCUT2D eigenvalue weighted by Gasteiger charge is -2.10. The van der Waals surface area contributed by atoms with Gasteiger partial charge in [0.2, 0.25) is 0 Å². The first kappa shape index (κ1) is 13.9. The Hall–Kier alpha value is -2.10. The molecule has 3 nitrogen and oxygen atoms in total. The van der Waals surface area contributed by atoms with Gasteiger partial charge in [-0.15, -0.1) is 0 Å². The van der Waals surface area contributed by atoms with Crippen LogP contribution in [0.2, 0.25) is 10.0 Å². The largest absolute Gasteiger partial charge is 0.306 e. The Bertz CT molecular complexity index is 781. The smallest absolute Gasteiger partial charge is 0.195 e. The lowest BCUT2D eigenvalue weighted by Crippen LogP contribution is -2.06. The summed E-state index contributed by atoms with van der Waals surface area (Å²) in [6.07, 6.45) is 5.08. The molecular formula is C16H10Cl2N2O. The van der Waals surface area contributed by atoms with Gasteiger partial charge < -0.3 is 4.57 Å². The molecule has 0 atom stereocenters. The number of halogens is 2. The van der Waals surface area contributed by atoms with Crippen LogP contribution in [0.25, 0.3) is 5.69 Å². The van der Waals surface area contributed by atoms with Crippen molar-refractivity contribution in [2.45, 2.75) is 0 Å². The highest BCUT2D eigenvalue weighted by Crippen LogP contribution is 2.23. The highest BCUT2D eigenvalue weighted by atomic mass is 35.5. The second-order valence-corrected chi connectivity index (χ2v) is 5.34. The van der Waals surface area contributed by atoms with Crippen LogP contribution >= 0.6 is 23.2 Å². The van der Waals surface area contributed by atoms with Gasteiger partial charge in [0.05, 0.1) is 12.0 Å². The van der Waals surface area contributed by atoms with Crippen molar-refractivity contribution in [3.8, 4) is 5.69 Å². The summed E-state index contributed by atoms with van der Waals surface area (Å²) in [4.78, 5) is 16.7. The molecule has 3 aromatic rings. The Morgan fingerprint density at radius 1 is 1.00 bits per heavy atom. The molecule has 1 heterocycles. The predicted molar refractivity (Wildman–Crippen MR) is 83.5 cm³/mol. The number of imidazole rings is 1. The minimum absolute atomic E-state index is 0.113. The minimum atomic E-state index is -0.113. The van der Waals surface area contributed by atoms with Crippen molar-refractivity contribution < 1.29 is 4.79 Å². The number of nitrogens with zero attached hydrogens (tertiary/aromatic N) is 2. The summed E-state index contributed by atoms with van der Waals surface area (Å²) >= 11 is 11.9. The van der Waals surface area contributed by atoms with E-state index in [1.807, 2.05) is 0 Å². The summed E-state index contributed by atoms with van der Waals surface area (Å²) in [6.45, 7) is 0. The second kappa shape index (κ2) is 5.72. The number of rotatable bonds is 3. The van der Waals surface area contributed by atoms with Gasteiger partial charge in [-0.1, -0.05) is 23.2 Å². The fourth-order valence-electron chi connectivity index (χ4n) is 2.07.